The molecule has 1 amide bonds. The third-order valence-electron chi connectivity index (χ3n) is 4.21. The number of hydrogen-bond donors (Lipinski definition) is 1. The van der Waals surface area contributed by atoms with Crippen molar-refractivity contribution in [1.82, 2.24) is 0 Å². The highest BCUT2D eigenvalue weighted by molar-refractivity contribution is 6.11. The highest BCUT2D eigenvalue weighted by Crippen LogP contribution is 2.43. The highest BCUT2D eigenvalue weighted by atomic mass is 16.3. The van der Waals surface area contributed by atoms with Crippen LogP contribution in [-0.4, -0.2) is 22.8 Å². The van der Waals surface area contributed by atoms with Crippen LogP contribution in [0.2, 0.25) is 0 Å². The molecule has 1 heterocycles. The van der Waals surface area contributed by atoms with Crippen molar-refractivity contribution in [3.05, 3.63) is 65.7 Å². The van der Waals surface area contributed by atoms with E-state index in [2.05, 4.69) is 0 Å². The number of anilines is 1. The Labute approximate surface area is 135 Å². The largest absolute Gasteiger partial charge is 0.375 e. The Bertz CT molecular complexity index is 754. The Morgan fingerprint density at radius 2 is 1.70 bits per heavy atom. The number of amides is 1. The van der Waals surface area contributed by atoms with Gasteiger partial charge in [0.05, 0.1) is 12.1 Å². The van der Waals surface area contributed by atoms with E-state index in [1.807, 2.05) is 26.0 Å². The lowest BCUT2D eigenvalue weighted by molar-refractivity contribution is -0.136. The minimum absolute atomic E-state index is 0.0931. The molecule has 0 saturated heterocycles. The van der Waals surface area contributed by atoms with Crippen LogP contribution in [0.15, 0.2) is 54.6 Å². The summed E-state index contributed by atoms with van der Waals surface area (Å²) >= 11 is 0. The Balaban J connectivity index is 2.01. The van der Waals surface area contributed by atoms with Gasteiger partial charge >= 0.3 is 0 Å². The van der Waals surface area contributed by atoms with E-state index in [1.165, 1.54) is 0 Å². The summed E-state index contributed by atoms with van der Waals surface area (Å²) in [6.45, 7) is 3.78. The second-order valence-electron chi connectivity index (χ2n) is 6.11. The summed E-state index contributed by atoms with van der Waals surface area (Å²) < 4.78 is 0. The monoisotopic (exact) mass is 309 g/mol. The summed E-state index contributed by atoms with van der Waals surface area (Å²) in [6, 6.07) is 15.8. The molecule has 1 aliphatic heterocycles. The Morgan fingerprint density at radius 3 is 2.35 bits per heavy atom. The quantitative estimate of drug-likeness (QED) is 0.884. The average Bonchev–Trinajstić information content (AvgIpc) is 2.77. The maximum absolute atomic E-state index is 12.8. The third kappa shape index (κ3) is 2.45. The van der Waals surface area contributed by atoms with Gasteiger partial charge in [0, 0.05) is 17.2 Å². The number of fused-ring (bicyclic) bond motifs is 1. The van der Waals surface area contributed by atoms with Crippen LogP contribution in [0.1, 0.15) is 36.2 Å². The zero-order valence-corrected chi connectivity index (χ0v) is 13.2. The van der Waals surface area contributed by atoms with Crippen molar-refractivity contribution in [2.24, 2.45) is 0 Å². The zero-order chi connectivity index (χ0) is 16.6. The lowest BCUT2D eigenvalue weighted by Gasteiger charge is -2.25. The van der Waals surface area contributed by atoms with Crippen molar-refractivity contribution in [2.45, 2.75) is 31.9 Å². The first-order valence-electron chi connectivity index (χ1n) is 7.69. The van der Waals surface area contributed by atoms with Crippen molar-refractivity contribution in [3.8, 4) is 0 Å². The van der Waals surface area contributed by atoms with Gasteiger partial charge in [-0.25, -0.2) is 0 Å². The number of ketones is 1. The molecule has 23 heavy (non-hydrogen) atoms. The molecule has 0 aromatic heterocycles. The first-order chi connectivity index (χ1) is 10.9. The topological polar surface area (TPSA) is 57.6 Å². The van der Waals surface area contributed by atoms with Crippen LogP contribution >= 0.6 is 0 Å². The van der Waals surface area contributed by atoms with Gasteiger partial charge in [-0.1, -0.05) is 48.5 Å². The average molecular weight is 309 g/mol. The van der Waals surface area contributed by atoms with Crippen molar-refractivity contribution in [3.63, 3.8) is 0 Å². The van der Waals surface area contributed by atoms with Crippen LogP contribution in [0.5, 0.6) is 0 Å². The summed E-state index contributed by atoms with van der Waals surface area (Å²) in [4.78, 5) is 26.9. The SMILES string of the molecule is CC(C)N1C(=O)[C@](O)(CC(=O)c2ccccc2)c2ccccc21. The predicted molar refractivity (Wildman–Crippen MR) is 88.4 cm³/mol. The normalized spacial score (nSPS) is 20.0. The number of rotatable bonds is 4. The second-order valence-corrected chi connectivity index (χ2v) is 6.11. The molecule has 0 radical (unpaired) electrons. The number of para-hydroxylation sites is 1. The minimum Gasteiger partial charge on any atom is -0.375 e. The molecular formula is C19H19NO3. The minimum atomic E-state index is -1.80. The number of Topliss-reactive ketones (excluding diaryl/α,β-unsaturated/α-hetero) is 1. The number of aliphatic hydroxyl groups is 1. The lowest BCUT2D eigenvalue weighted by Crippen LogP contribution is -2.44. The molecule has 2 aromatic rings. The van der Waals surface area contributed by atoms with Crippen LogP contribution in [0, 0.1) is 0 Å². The summed E-state index contributed by atoms with van der Waals surface area (Å²) in [5.41, 5.74) is -0.124. The molecule has 0 unspecified atom stereocenters. The smallest absolute Gasteiger partial charge is 0.264 e. The Morgan fingerprint density at radius 1 is 1.09 bits per heavy atom. The van der Waals surface area contributed by atoms with Crippen LogP contribution in [0.25, 0.3) is 0 Å². The number of hydrogen-bond acceptors (Lipinski definition) is 3. The first kappa shape index (κ1) is 15.4. The molecule has 4 heteroatoms. The van der Waals surface area contributed by atoms with E-state index in [9.17, 15) is 14.7 Å². The van der Waals surface area contributed by atoms with Crippen molar-refractivity contribution in [2.75, 3.05) is 4.90 Å². The van der Waals surface area contributed by atoms with Crippen LogP contribution in [-0.2, 0) is 10.4 Å². The molecule has 1 N–H and O–H groups in total. The first-order valence-corrected chi connectivity index (χ1v) is 7.69. The standard InChI is InChI=1S/C19H19NO3/c1-13(2)20-16-11-7-6-10-15(16)19(23,18(20)22)12-17(21)14-8-4-3-5-9-14/h3-11,13,23H,12H2,1-2H3/t19-/m0/s1. The summed E-state index contributed by atoms with van der Waals surface area (Å²) in [5.74, 6) is -0.681. The van der Waals surface area contributed by atoms with Crippen LogP contribution < -0.4 is 4.90 Å². The van der Waals surface area contributed by atoms with Gasteiger partial charge in [-0.2, -0.15) is 0 Å². The van der Waals surface area contributed by atoms with Gasteiger partial charge in [-0.15, -0.1) is 0 Å². The molecule has 0 aliphatic carbocycles. The van der Waals surface area contributed by atoms with Crippen LogP contribution in [0.3, 0.4) is 0 Å². The molecule has 1 aliphatic rings. The lowest BCUT2D eigenvalue weighted by atomic mass is 9.88. The second kappa shape index (κ2) is 5.63. The number of carbonyl (C=O) groups is 2. The number of nitrogens with zero attached hydrogens (tertiary/aromatic N) is 1. The van der Waals surface area contributed by atoms with Gasteiger partial charge in [0.25, 0.3) is 5.91 Å². The highest BCUT2D eigenvalue weighted by Gasteiger charge is 2.51. The number of carbonyl (C=O) groups excluding carboxylic acids is 2. The van der Waals surface area contributed by atoms with Gasteiger partial charge in [0.1, 0.15) is 0 Å². The summed E-state index contributed by atoms with van der Waals surface area (Å²) in [5, 5.41) is 11.1. The molecule has 0 fully saturated rings. The molecule has 0 spiro atoms. The van der Waals surface area contributed by atoms with Gasteiger partial charge in [0.15, 0.2) is 11.4 Å². The van der Waals surface area contributed by atoms with E-state index in [0.717, 1.165) is 0 Å². The van der Waals surface area contributed by atoms with Crippen molar-refractivity contribution >= 4 is 17.4 Å². The summed E-state index contributed by atoms with van der Waals surface area (Å²) in [6.07, 6.45) is -0.254. The Kier molecular flexibility index (Phi) is 3.78. The molecule has 0 saturated carbocycles. The van der Waals surface area contributed by atoms with E-state index < -0.39 is 11.5 Å². The van der Waals surface area contributed by atoms with Crippen molar-refractivity contribution < 1.29 is 14.7 Å². The fraction of sp³-hybridized carbons (Fsp3) is 0.263. The van der Waals surface area contributed by atoms with E-state index >= 15 is 0 Å². The number of benzene rings is 2. The third-order valence-corrected chi connectivity index (χ3v) is 4.21. The molecular weight excluding hydrogens is 290 g/mol. The predicted octanol–water partition coefficient (Wildman–Crippen LogP) is 2.90. The van der Waals surface area contributed by atoms with E-state index in [1.54, 1.807) is 47.4 Å². The van der Waals surface area contributed by atoms with Gasteiger partial charge in [-0.05, 0) is 19.9 Å². The van der Waals surface area contributed by atoms with E-state index in [-0.39, 0.29) is 18.2 Å². The van der Waals surface area contributed by atoms with Gasteiger partial charge in [0.2, 0.25) is 0 Å². The molecule has 2 aromatic carbocycles. The molecule has 0 bridgehead atoms. The van der Waals surface area contributed by atoms with Crippen LogP contribution in [0.4, 0.5) is 5.69 Å². The molecule has 3 rings (SSSR count). The maximum atomic E-state index is 12.8. The van der Waals surface area contributed by atoms with Gasteiger partial charge in [-0.3, -0.25) is 9.59 Å². The molecule has 1 atom stereocenters. The fourth-order valence-electron chi connectivity index (χ4n) is 3.10. The molecule has 118 valence electrons. The summed E-state index contributed by atoms with van der Waals surface area (Å²) in [7, 11) is 0. The van der Waals surface area contributed by atoms with E-state index in [4.69, 9.17) is 0 Å². The van der Waals surface area contributed by atoms with Crippen molar-refractivity contribution in [1.29, 1.82) is 0 Å². The maximum Gasteiger partial charge on any atom is 0.264 e. The zero-order valence-electron chi connectivity index (χ0n) is 13.2. The van der Waals surface area contributed by atoms with E-state index in [0.29, 0.717) is 16.8 Å². The molecule has 4 nitrogen and oxygen atoms in total. The Hall–Kier alpha value is -2.46. The fourth-order valence-corrected chi connectivity index (χ4v) is 3.10. The van der Waals surface area contributed by atoms with Gasteiger partial charge < -0.3 is 10.0 Å².